The number of hydrogen-bond donors (Lipinski definition) is 2. The third-order valence-electron chi connectivity index (χ3n) is 8.38. The van der Waals surface area contributed by atoms with Crippen LogP contribution in [0.4, 0.5) is 27.5 Å². The highest BCUT2D eigenvalue weighted by molar-refractivity contribution is 6.02. The molecule has 2 fully saturated rings. The Morgan fingerprint density at radius 2 is 1.85 bits per heavy atom. The Morgan fingerprint density at radius 1 is 1.12 bits per heavy atom. The molecule has 1 aromatic carbocycles. The molecule has 1 unspecified atom stereocenters. The van der Waals surface area contributed by atoms with Crippen LogP contribution < -0.4 is 25.2 Å². The number of nitrogens with one attached hydrogen (secondary N) is 2. The topological polar surface area (TPSA) is 103 Å². The number of benzene rings is 1. The van der Waals surface area contributed by atoms with E-state index in [0.29, 0.717) is 34.5 Å². The molecule has 3 aliphatic rings. The molecule has 1 aliphatic carbocycles. The summed E-state index contributed by atoms with van der Waals surface area (Å²) in [5.74, 6) is 0.569. The Labute approximate surface area is 235 Å². The van der Waals surface area contributed by atoms with Gasteiger partial charge >= 0.3 is 0 Å². The lowest BCUT2D eigenvalue weighted by Crippen LogP contribution is -2.50. The van der Waals surface area contributed by atoms with Gasteiger partial charge in [0.05, 0.1) is 25.5 Å². The summed E-state index contributed by atoms with van der Waals surface area (Å²) in [6.07, 6.45) is 8.55. The predicted octanol–water partition coefficient (Wildman–Crippen LogP) is 3.90. The molecule has 2 aromatic rings. The summed E-state index contributed by atoms with van der Waals surface area (Å²) in [6, 6.07) is 5.47. The molecule has 2 N–H and O–H groups in total. The summed E-state index contributed by atoms with van der Waals surface area (Å²) in [7, 11) is 5.20. The molecule has 2 aliphatic heterocycles. The molecule has 11 heteroatoms. The number of fused-ring (bicyclic) bond motifs is 1. The van der Waals surface area contributed by atoms with Gasteiger partial charge < -0.3 is 30.1 Å². The minimum absolute atomic E-state index is 0.0608. The number of amides is 2. The van der Waals surface area contributed by atoms with Crippen molar-refractivity contribution in [1.82, 2.24) is 20.2 Å². The van der Waals surface area contributed by atoms with Gasteiger partial charge in [0.25, 0.3) is 11.8 Å². The zero-order valence-electron chi connectivity index (χ0n) is 23.9. The number of anilines is 4. The molecule has 10 nitrogen and oxygen atoms in total. The van der Waals surface area contributed by atoms with Crippen LogP contribution in [0.25, 0.3) is 0 Å². The summed E-state index contributed by atoms with van der Waals surface area (Å²) in [5, 5.41) is 6.34. The highest BCUT2D eigenvalue weighted by atomic mass is 19.1. The number of hydrogen-bond acceptors (Lipinski definition) is 8. The smallest absolute Gasteiger partial charge is 0.266 e. The van der Waals surface area contributed by atoms with E-state index in [1.54, 1.807) is 38.6 Å². The van der Waals surface area contributed by atoms with Crippen molar-refractivity contribution in [1.29, 1.82) is 0 Å². The van der Waals surface area contributed by atoms with Crippen molar-refractivity contribution in [2.24, 2.45) is 0 Å². The van der Waals surface area contributed by atoms with Gasteiger partial charge in [-0.1, -0.05) is 19.3 Å². The lowest BCUT2D eigenvalue weighted by Gasteiger charge is -2.36. The number of rotatable bonds is 6. The maximum absolute atomic E-state index is 15.6. The number of aromatic nitrogens is 2. The first kappa shape index (κ1) is 28.1. The van der Waals surface area contributed by atoms with E-state index in [4.69, 9.17) is 9.72 Å². The zero-order valence-corrected chi connectivity index (χ0v) is 23.9. The summed E-state index contributed by atoms with van der Waals surface area (Å²) < 4.78 is 21.2. The lowest BCUT2D eigenvalue weighted by molar-refractivity contribution is -0.128. The Morgan fingerprint density at radius 3 is 2.55 bits per heavy atom. The second kappa shape index (κ2) is 11.6. The molecule has 1 atom stereocenters. The van der Waals surface area contributed by atoms with E-state index in [0.717, 1.165) is 58.0 Å². The Kier molecular flexibility index (Phi) is 8.11. The van der Waals surface area contributed by atoms with Crippen LogP contribution in [0, 0.1) is 0 Å². The number of carbonyl (C=O) groups is 2. The van der Waals surface area contributed by atoms with Gasteiger partial charge in [-0.3, -0.25) is 9.59 Å². The molecule has 1 saturated carbocycles. The summed E-state index contributed by atoms with van der Waals surface area (Å²) in [6.45, 7) is 3.21. The molecule has 40 heavy (non-hydrogen) atoms. The fourth-order valence-electron chi connectivity index (χ4n) is 5.97. The van der Waals surface area contributed by atoms with Crippen LogP contribution in [0.3, 0.4) is 0 Å². The van der Waals surface area contributed by atoms with Gasteiger partial charge in [-0.25, -0.2) is 9.37 Å². The monoisotopic (exact) mass is 553 g/mol. The van der Waals surface area contributed by atoms with Gasteiger partial charge in [0, 0.05) is 24.7 Å². The average molecular weight is 554 g/mol. The third-order valence-corrected chi connectivity index (χ3v) is 8.38. The van der Waals surface area contributed by atoms with E-state index in [1.807, 2.05) is 4.90 Å². The molecule has 0 spiro atoms. The number of likely N-dealkylation sites (tertiary alicyclic amines) is 1. The Balaban J connectivity index is 1.39. The van der Waals surface area contributed by atoms with Crippen molar-refractivity contribution >= 4 is 35.0 Å². The van der Waals surface area contributed by atoms with Gasteiger partial charge in [-0.15, -0.1) is 0 Å². The number of alkyl halides is 1. The van der Waals surface area contributed by atoms with Crippen molar-refractivity contribution in [3.05, 3.63) is 30.0 Å². The van der Waals surface area contributed by atoms with Crippen molar-refractivity contribution in [2.75, 3.05) is 56.0 Å². The van der Waals surface area contributed by atoms with Gasteiger partial charge in [0.15, 0.2) is 5.82 Å². The van der Waals surface area contributed by atoms with E-state index in [-0.39, 0.29) is 24.5 Å². The molecule has 0 bridgehead atoms. The van der Waals surface area contributed by atoms with Crippen molar-refractivity contribution < 1.29 is 18.7 Å². The average Bonchev–Trinajstić information content (AvgIpc) is 3.03. The van der Waals surface area contributed by atoms with Gasteiger partial charge in [0.1, 0.15) is 11.4 Å². The number of nitrogens with zero attached hydrogens (tertiary/aromatic N) is 5. The highest BCUT2D eigenvalue weighted by Gasteiger charge is 2.44. The van der Waals surface area contributed by atoms with E-state index < -0.39 is 11.6 Å². The van der Waals surface area contributed by atoms with Crippen LogP contribution in [0.1, 0.15) is 62.2 Å². The minimum Gasteiger partial charge on any atom is -0.495 e. The quantitative estimate of drug-likeness (QED) is 0.556. The molecular formula is C29H40FN7O3. The number of methoxy groups -OCH3 is 1. The summed E-state index contributed by atoms with van der Waals surface area (Å²) >= 11 is 0. The van der Waals surface area contributed by atoms with E-state index in [2.05, 4.69) is 27.6 Å². The summed E-state index contributed by atoms with van der Waals surface area (Å²) in [4.78, 5) is 40.7. The van der Waals surface area contributed by atoms with Crippen LogP contribution in [-0.2, 0) is 4.79 Å². The number of piperidine rings is 1. The lowest BCUT2D eigenvalue weighted by atomic mass is 9.93. The normalized spacial score (nSPS) is 23.0. The molecule has 1 aromatic heterocycles. The molecule has 5 rings (SSSR count). The zero-order chi connectivity index (χ0) is 28.4. The molecular weight excluding hydrogens is 513 g/mol. The van der Waals surface area contributed by atoms with Gasteiger partial charge in [0.2, 0.25) is 11.6 Å². The molecule has 216 valence electrons. The molecule has 2 amide bonds. The largest absolute Gasteiger partial charge is 0.495 e. The molecule has 1 saturated heterocycles. The van der Waals surface area contributed by atoms with Crippen LogP contribution in [0.5, 0.6) is 5.75 Å². The number of ether oxygens (including phenoxy) is 1. The van der Waals surface area contributed by atoms with E-state index in [9.17, 15) is 9.59 Å². The van der Waals surface area contributed by atoms with Crippen molar-refractivity contribution in [3.8, 4) is 5.75 Å². The Hall–Kier alpha value is -3.47. The number of carbonyl (C=O) groups excluding carboxylic acids is 2. The SMILES string of the molecule is COc1cc(C(=O)NC2CCN(C)CC2)ccc1Nc1ncc2c(n1)N(C1CCCCC1)CC(C)(F)C(=O)N2C. The minimum atomic E-state index is -2.05. The van der Waals surface area contributed by atoms with Crippen LogP contribution in [0.15, 0.2) is 24.4 Å². The fraction of sp³-hybridized carbons (Fsp3) is 0.586. The maximum Gasteiger partial charge on any atom is 0.266 e. The Bertz CT molecular complexity index is 1240. The van der Waals surface area contributed by atoms with Crippen LogP contribution >= 0.6 is 0 Å². The fourth-order valence-corrected chi connectivity index (χ4v) is 5.97. The second-order valence-corrected chi connectivity index (χ2v) is 11.5. The van der Waals surface area contributed by atoms with Crippen molar-refractivity contribution in [2.45, 2.75) is 69.6 Å². The third kappa shape index (κ3) is 5.84. The van der Waals surface area contributed by atoms with E-state index >= 15 is 4.39 Å². The predicted molar refractivity (Wildman–Crippen MR) is 153 cm³/mol. The van der Waals surface area contributed by atoms with E-state index in [1.165, 1.54) is 11.8 Å². The maximum atomic E-state index is 15.6. The molecule has 3 heterocycles. The summed E-state index contributed by atoms with van der Waals surface area (Å²) in [5.41, 5.74) is -0.463. The molecule has 0 radical (unpaired) electrons. The van der Waals surface area contributed by atoms with Crippen LogP contribution in [0.2, 0.25) is 0 Å². The first-order valence-corrected chi connectivity index (χ1v) is 14.2. The standard InChI is InChI=1S/C29H40FN7O3/c1-29(30)18-37(21-8-6-5-7-9-21)25-23(36(3)27(29)39)17-31-28(34-25)33-22-11-10-19(16-24(22)40-4)26(38)32-20-12-14-35(2)15-13-20/h10-11,16-17,20-21H,5-9,12-15,18H2,1-4H3,(H,32,38)(H,31,33,34). The van der Waals surface area contributed by atoms with Crippen molar-refractivity contribution in [3.63, 3.8) is 0 Å². The first-order chi connectivity index (χ1) is 19.2. The second-order valence-electron chi connectivity index (χ2n) is 11.5. The van der Waals surface area contributed by atoms with Gasteiger partial charge in [-0.05, 0) is 70.9 Å². The highest BCUT2D eigenvalue weighted by Crippen LogP contribution is 2.39. The number of halogens is 1. The first-order valence-electron chi connectivity index (χ1n) is 14.2. The van der Waals surface area contributed by atoms with Crippen LogP contribution in [-0.4, -0.2) is 85.3 Å². The van der Waals surface area contributed by atoms with Gasteiger partial charge in [-0.2, -0.15) is 4.98 Å².